The molecule has 0 unspecified atom stereocenters. The van der Waals surface area contributed by atoms with Crippen LogP contribution in [-0.4, -0.2) is 40.5 Å². The average molecular weight is 347 g/mol. The Hall–Kier alpha value is -2.37. The van der Waals surface area contributed by atoms with Crippen molar-refractivity contribution in [2.75, 3.05) is 14.1 Å². The van der Waals surface area contributed by atoms with Crippen LogP contribution in [0, 0.1) is 5.82 Å². The molecule has 0 saturated carbocycles. The number of aryl methyl sites for hydroxylation is 1. The van der Waals surface area contributed by atoms with E-state index in [2.05, 4.69) is 5.10 Å². The zero-order chi connectivity index (χ0) is 18.9. The molecule has 0 amide bonds. The minimum atomic E-state index is -0.677. The van der Waals surface area contributed by atoms with Crippen molar-refractivity contribution < 1.29 is 13.9 Å². The van der Waals surface area contributed by atoms with Gasteiger partial charge < -0.3 is 9.64 Å². The monoisotopic (exact) mass is 347 g/mol. The topological polar surface area (TPSA) is 47.4 Å². The number of benzene rings is 1. The van der Waals surface area contributed by atoms with Crippen molar-refractivity contribution in [2.45, 2.75) is 46.6 Å². The van der Waals surface area contributed by atoms with E-state index in [0.29, 0.717) is 17.5 Å². The number of ether oxygens (including phenoxy) is 1. The van der Waals surface area contributed by atoms with Crippen LogP contribution in [0.5, 0.6) is 0 Å². The normalized spacial score (nSPS) is 12.6. The highest BCUT2D eigenvalue weighted by molar-refractivity contribution is 5.92. The lowest BCUT2D eigenvalue weighted by Crippen LogP contribution is -2.28. The first-order chi connectivity index (χ1) is 11.5. The molecule has 1 heterocycles. The van der Waals surface area contributed by atoms with Crippen LogP contribution < -0.4 is 0 Å². The Morgan fingerprint density at radius 3 is 2.52 bits per heavy atom. The van der Waals surface area contributed by atoms with Gasteiger partial charge in [0.2, 0.25) is 0 Å². The Kier molecular flexibility index (Phi) is 5.20. The SMILES string of the molecule is CCc1nn(C(=O)OC(C)(C)C)c2c(F)cc(C(C)=CN(C)C)cc12. The molecular formula is C19H26FN3O2. The molecule has 0 atom stereocenters. The van der Waals surface area contributed by atoms with E-state index in [0.717, 1.165) is 15.8 Å². The predicted octanol–water partition coefficient (Wildman–Crippen LogP) is 4.44. The second-order valence-corrected chi connectivity index (χ2v) is 7.32. The number of hydrogen-bond acceptors (Lipinski definition) is 4. The summed E-state index contributed by atoms with van der Waals surface area (Å²) in [6.07, 6.45) is 1.83. The first-order valence-electron chi connectivity index (χ1n) is 8.33. The minimum absolute atomic E-state index is 0.160. The van der Waals surface area contributed by atoms with Gasteiger partial charge in [0.1, 0.15) is 16.9 Å². The fourth-order valence-corrected chi connectivity index (χ4v) is 2.65. The molecule has 5 nitrogen and oxygen atoms in total. The number of hydrogen-bond donors (Lipinski definition) is 0. The molecule has 1 aromatic carbocycles. The van der Waals surface area contributed by atoms with E-state index in [1.165, 1.54) is 6.07 Å². The van der Waals surface area contributed by atoms with E-state index in [9.17, 15) is 9.18 Å². The van der Waals surface area contributed by atoms with Gasteiger partial charge >= 0.3 is 6.09 Å². The summed E-state index contributed by atoms with van der Waals surface area (Å²) in [5, 5.41) is 4.92. The van der Waals surface area contributed by atoms with E-state index < -0.39 is 17.5 Å². The molecule has 0 spiro atoms. The van der Waals surface area contributed by atoms with Crippen molar-refractivity contribution in [1.82, 2.24) is 14.7 Å². The number of allylic oxidation sites excluding steroid dienone is 1. The summed E-state index contributed by atoms with van der Waals surface area (Å²) in [5.74, 6) is -0.489. The molecule has 6 heteroatoms. The average Bonchev–Trinajstić information content (AvgIpc) is 2.84. The summed E-state index contributed by atoms with van der Waals surface area (Å²) in [5.41, 5.74) is 1.84. The third kappa shape index (κ3) is 4.18. The Morgan fingerprint density at radius 1 is 1.36 bits per heavy atom. The van der Waals surface area contributed by atoms with Crippen LogP contribution in [0.25, 0.3) is 16.5 Å². The molecule has 0 aliphatic heterocycles. The van der Waals surface area contributed by atoms with Crippen molar-refractivity contribution in [2.24, 2.45) is 0 Å². The number of halogens is 1. The maximum atomic E-state index is 14.8. The third-order valence-corrected chi connectivity index (χ3v) is 3.62. The van der Waals surface area contributed by atoms with Crippen LogP contribution in [0.4, 0.5) is 9.18 Å². The van der Waals surface area contributed by atoms with Gasteiger partial charge in [-0.25, -0.2) is 9.18 Å². The number of rotatable bonds is 3. The van der Waals surface area contributed by atoms with Gasteiger partial charge in [-0.2, -0.15) is 9.78 Å². The second kappa shape index (κ2) is 6.86. The van der Waals surface area contributed by atoms with Gasteiger partial charge in [-0.3, -0.25) is 0 Å². The van der Waals surface area contributed by atoms with Crippen LogP contribution >= 0.6 is 0 Å². The van der Waals surface area contributed by atoms with Crippen LogP contribution in [0.3, 0.4) is 0 Å². The molecule has 25 heavy (non-hydrogen) atoms. The number of carbonyl (C=O) groups is 1. The molecule has 0 N–H and O–H groups in total. The zero-order valence-electron chi connectivity index (χ0n) is 16.0. The summed E-state index contributed by atoms with van der Waals surface area (Å²) in [7, 11) is 3.83. The van der Waals surface area contributed by atoms with Crippen molar-refractivity contribution in [3.05, 3.63) is 35.4 Å². The Bertz CT molecular complexity index is 829. The van der Waals surface area contributed by atoms with Gasteiger partial charge in [-0.05, 0) is 57.4 Å². The summed E-state index contributed by atoms with van der Waals surface area (Å²) < 4.78 is 21.2. The fourth-order valence-electron chi connectivity index (χ4n) is 2.65. The molecule has 0 radical (unpaired) electrons. The van der Waals surface area contributed by atoms with E-state index >= 15 is 0 Å². The smallest absolute Gasteiger partial charge is 0.435 e. The molecule has 136 valence electrons. The lowest BCUT2D eigenvalue weighted by atomic mass is 10.0. The van der Waals surface area contributed by atoms with Gasteiger partial charge in [-0.15, -0.1) is 0 Å². The van der Waals surface area contributed by atoms with Gasteiger partial charge in [0.15, 0.2) is 0 Å². The first-order valence-corrected chi connectivity index (χ1v) is 8.33. The molecule has 0 fully saturated rings. The van der Waals surface area contributed by atoms with Gasteiger partial charge in [0.25, 0.3) is 0 Å². The van der Waals surface area contributed by atoms with E-state index in [4.69, 9.17) is 4.74 Å². The lowest BCUT2D eigenvalue weighted by molar-refractivity contribution is 0.0521. The fraction of sp³-hybridized carbons (Fsp3) is 0.474. The van der Waals surface area contributed by atoms with E-state index in [1.54, 1.807) is 20.8 Å². The molecule has 0 saturated heterocycles. The molecule has 0 bridgehead atoms. The molecule has 2 aromatic rings. The summed E-state index contributed by atoms with van der Waals surface area (Å²) >= 11 is 0. The Morgan fingerprint density at radius 2 is 2.00 bits per heavy atom. The van der Waals surface area contributed by atoms with Crippen molar-refractivity contribution in [3.63, 3.8) is 0 Å². The summed E-state index contributed by atoms with van der Waals surface area (Å²) in [6.45, 7) is 9.14. The summed E-state index contributed by atoms with van der Waals surface area (Å²) in [4.78, 5) is 14.3. The van der Waals surface area contributed by atoms with Crippen molar-refractivity contribution >= 4 is 22.6 Å². The highest BCUT2D eigenvalue weighted by Gasteiger charge is 2.24. The van der Waals surface area contributed by atoms with Crippen LogP contribution in [0.1, 0.15) is 45.9 Å². The van der Waals surface area contributed by atoms with Crippen LogP contribution in [0.15, 0.2) is 18.3 Å². The van der Waals surface area contributed by atoms with Crippen molar-refractivity contribution in [1.29, 1.82) is 0 Å². The highest BCUT2D eigenvalue weighted by Crippen LogP contribution is 2.28. The molecular weight excluding hydrogens is 321 g/mol. The Balaban J connectivity index is 2.64. The van der Waals surface area contributed by atoms with Gasteiger partial charge in [-0.1, -0.05) is 6.92 Å². The molecule has 0 aliphatic carbocycles. The van der Waals surface area contributed by atoms with Crippen LogP contribution in [0.2, 0.25) is 0 Å². The number of aromatic nitrogens is 2. The third-order valence-electron chi connectivity index (χ3n) is 3.62. The minimum Gasteiger partial charge on any atom is -0.442 e. The van der Waals surface area contributed by atoms with Crippen molar-refractivity contribution in [3.8, 4) is 0 Å². The number of nitrogens with zero attached hydrogens (tertiary/aromatic N) is 3. The zero-order valence-corrected chi connectivity index (χ0v) is 16.0. The van der Waals surface area contributed by atoms with Gasteiger partial charge in [0, 0.05) is 25.7 Å². The van der Waals surface area contributed by atoms with E-state index in [-0.39, 0.29) is 5.52 Å². The number of fused-ring (bicyclic) bond motifs is 1. The first kappa shape index (κ1) is 19.0. The molecule has 0 aliphatic rings. The van der Waals surface area contributed by atoms with Gasteiger partial charge in [0.05, 0.1) is 5.69 Å². The maximum absolute atomic E-state index is 14.8. The standard InChI is InChI=1S/C19H26FN3O2/c1-8-16-14-9-13(12(2)11-22(6)7)10-15(20)17(14)23(21-16)18(24)25-19(3,4)5/h9-11H,8H2,1-7H3. The second-order valence-electron chi connectivity index (χ2n) is 7.32. The molecule has 1 aromatic heterocycles. The quantitative estimate of drug-likeness (QED) is 0.823. The predicted molar refractivity (Wildman–Crippen MR) is 98.0 cm³/mol. The summed E-state index contributed by atoms with van der Waals surface area (Å²) in [6, 6.07) is 3.31. The maximum Gasteiger partial charge on any atom is 0.435 e. The molecule has 2 rings (SSSR count). The Labute approximate surface area is 148 Å². The van der Waals surface area contributed by atoms with E-state index in [1.807, 2.05) is 45.1 Å². The largest absolute Gasteiger partial charge is 0.442 e. The lowest BCUT2D eigenvalue weighted by Gasteiger charge is -2.19. The van der Waals surface area contributed by atoms with Crippen LogP contribution in [-0.2, 0) is 11.2 Å². The number of carbonyl (C=O) groups excluding carboxylic acids is 1. The highest BCUT2D eigenvalue weighted by atomic mass is 19.1.